The molecule has 0 saturated heterocycles. The molecule has 1 aromatic carbocycles. The lowest BCUT2D eigenvalue weighted by molar-refractivity contribution is 0.415. The van der Waals surface area contributed by atoms with Gasteiger partial charge < -0.3 is 9.15 Å². The van der Waals surface area contributed by atoms with Gasteiger partial charge in [0.15, 0.2) is 5.01 Å². The minimum atomic E-state index is 0.433. The first-order valence-electron chi connectivity index (χ1n) is 6.69. The zero-order chi connectivity index (χ0) is 16.0. The van der Waals surface area contributed by atoms with Crippen molar-refractivity contribution in [1.82, 2.24) is 15.2 Å². The normalized spacial score (nSPS) is 11.3. The first kappa shape index (κ1) is 14.8. The van der Waals surface area contributed by atoms with Crippen LogP contribution in [0, 0.1) is 6.92 Å². The van der Waals surface area contributed by atoms with E-state index in [1.165, 1.54) is 16.2 Å². The van der Waals surface area contributed by atoms with Gasteiger partial charge in [0.2, 0.25) is 0 Å². The van der Waals surface area contributed by atoms with E-state index < -0.39 is 0 Å². The van der Waals surface area contributed by atoms with Crippen molar-refractivity contribution in [2.45, 2.75) is 6.92 Å². The zero-order valence-electron chi connectivity index (χ0n) is 12.2. The second kappa shape index (κ2) is 5.70. The molecule has 0 atom stereocenters. The fraction of sp³-hybridized carbons (Fsp3) is 0.133. The molecule has 116 valence electrons. The Hall–Kier alpha value is -1.77. The van der Waals surface area contributed by atoms with Gasteiger partial charge in [-0.1, -0.05) is 0 Å². The van der Waals surface area contributed by atoms with Gasteiger partial charge in [-0.25, -0.2) is 4.98 Å². The molecule has 0 aliphatic heterocycles. The number of rotatable bonds is 3. The van der Waals surface area contributed by atoms with Crippen LogP contribution in [0.2, 0.25) is 0 Å². The fourth-order valence-corrected chi connectivity index (χ4v) is 4.47. The lowest BCUT2D eigenvalue weighted by Gasteiger charge is -1.96. The molecule has 5 nitrogen and oxygen atoms in total. The summed E-state index contributed by atoms with van der Waals surface area (Å²) in [6.07, 6.45) is 0. The molecule has 0 aliphatic carbocycles. The Morgan fingerprint density at radius 2 is 1.96 bits per heavy atom. The number of fused-ring (bicyclic) bond motifs is 1. The summed E-state index contributed by atoms with van der Waals surface area (Å²) >= 11 is 6.61. The number of thiazole rings is 1. The standard InChI is InChI=1S/C15H10BrN3O2S2/c1-7-9(16)6-12(22-7)13-18-19-14(21-13)15-17-10-4-3-8(20-2)5-11(10)23-15/h3-6H,1-2H3. The number of benzene rings is 1. The van der Waals surface area contributed by atoms with Gasteiger partial charge in [-0.2, -0.15) is 0 Å². The number of hydrogen-bond acceptors (Lipinski definition) is 7. The summed E-state index contributed by atoms with van der Waals surface area (Å²) < 4.78 is 13.1. The topological polar surface area (TPSA) is 61.0 Å². The number of thiophene rings is 1. The molecule has 3 aromatic heterocycles. The monoisotopic (exact) mass is 407 g/mol. The number of halogens is 1. The maximum Gasteiger partial charge on any atom is 0.277 e. The number of methoxy groups -OCH3 is 1. The molecular formula is C15H10BrN3O2S2. The summed E-state index contributed by atoms with van der Waals surface area (Å²) in [5.74, 6) is 1.75. The largest absolute Gasteiger partial charge is 0.497 e. The molecule has 0 N–H and O–H groups in total. The summed E-state index contributed by atoms with van der Waals surface area (Å²) in [6, 6.07) is 7.75. The van der Waals surface area contributed by atoms with Crippen LogP contribution in [0.25, 0.3) is 31.9 Å². The van der Waals surface area contributed by atoms with Crippen LogP contribution in [0.15, 0.2) is 33.2 Å². The molecule has 0 aliphatic rings. The van der Waals surface area contributed by atoms with E-state index >= 15 is 0 Å². The van der Waals surface area contributed by atoms with Crippen molar-refractivity contribution < 1.29 is 9.15 Å². The van der Waals surface area contributed by atoms with Gasteiger partial charge in [0.25, 0.3) is 11.8 Å². The summed E-state index contributed by atoms with van der Waals surface area (Å²) in [5, 5.41) is 8.97. The molecule has 23 heavy (non-hydrogen) atoms. The molecule has 8 heteroatoms. The highest BCUT2D eigenvalue weighted by molar-refractivity contribution is 9.10. The van der Waals surface area contributed by atoms with Crippen LogP contribution in [0.1, 0.15) is 4.88 Å². The van der Waals surface area contributed by atoms with Crippen molar-refractivity contribution in [3.8, 4) is 27.4 Å². The van der Waals surface area contributed by atoms with Crippen molar-refractivity contribution in [2.75, 3.05) is 7.11 Å². The first-order chi connectivity index (χ1) is 11.1. The van der Waals surface area contributed by atoms with Crippen LogP contribution in [0.5, 0.6) is 5.75 Å². The Bertz CT molecular complexity index is 986. The van der Waals surface area contributed by atoms with Crippen LogP contribution < -0.4 is 4.74 Å². The van der Waals surface area contributed by atoms with Gasteiger partial charge in [0.1, 0.15) is 5.75 Å². The average Bonchev–Trinajstić information content (AvgIpc) is 3.25. The Balaban J connectivity index is 1.73. The van der Waals surface area contributed by atoms with Crippen LogP contribution in [0.4, 0.5) is 0 Å². The molecule has 0 spiro atoms. The molecule has 0 amide bonds. The van der Waals surface area contributed by atoms with E-state index in [-0.39, 0.29) is 0 Å². The van der Waals surface area contributed by atoms with E-state index in [0.29, 0.717) is 16.8 Å². The molecule has 0 radical (unpaired) electrons. The highest BCUT2D eigenvalue weighted by Gasteiger charge is 2.17. The van der Waals surface area contributed by atoms with Crippen molar-refractivity contribution in [1.29, 1.82) is 0 Å². The second-order valence-electron chi connectivity index (χ2n) is 4.78. The van der Waals surface area contributed by atoms with Gasteiger partial charge in [0, 0.05) is 9.35 Å². The Kier molecular flexibility index (Phi) is 3.67. The minimum Gasteiger partial charge on any atom is -0.497 e. The van der Waals surface area contributed by atoms with Gasteiger partial charge in [-0.3, -0.25) is 0 Å². The van der Waals surface area contributed by atoms with Crippen LogP contribution in [-0.4, -0.2) is 22.3 Å². The quantitative estimate of drug-likeness (QED) is 0.469. The SMILES string of the molecule is COc1ccc2nc(-c3nnc(-c4cc(Br)c(C)s4)o3)sc2c1. The maximum atomic E-state index is 5.79. The highest BCUT2D eigenvalue weighted by atomic mass is 79.9. The van der Waals surface area contributed by atoms with Gasteiger partial charge in [0.05, 0.1) is 22.2 Å². The molecule has 4 aromatic rings. The van der Waals surface area contributed by atoms with E-state index in [4.69, 9.17) is 9.15 Å². The molecule has 4 rings (SSSR count). The zero-order valence-corrected chi connectivity index (χ0v) is 15.4. The Morgan fingerprint density at radius 1 is 1.13 bits per heavy atom. The number of ether oxygens (including phenoxy) is 1. The Labute approximate surface area is 148 Å². The number of hydrogen-bond donors (Lipinski definition) is 0. The molecular weight excluding hydrogens is 398 g/mol. The van der Waals surface area contributed by atoms with Crippen molar-refractivity contribution in [3.63, 3.8) is 0 Å². The highest BCUT2D eigenvalue weighted by Crippen LogP contribution is 2.36. The van der Waals surface area contributed by atoms with E-state index in [2.05, 4.69) is 31.1 Å². The third-order valence-corrected chi connectivity index (χ3v) is 6.40. The van der Waals surface area contributed by atoms with Gasteiger partial charge >= 0.3 is 0 Å². The number of nitrogens with zero attached hydrogens (tertiary/aromatic N) is 3. The van der Waals surface area contributed by atoms with E-state index in [1.54, 1.807) is 18.4 Å². The first-order valence-corrected chi connectivity index (χ1v) is 9.11. The minimum absolute atomic E-state index is 0.433. The lowest BCUT2D eigenvalue weighted by Crippen LogP contribution is -1.80. The van der Waals surface area contributed by atoms with E-state index in [9.17, 15) is 0 Å². The van der Waals surface area contributed by atoms with Crippen LogP contribution in [-0.2, 0) is 0 Å². The Morgan fingerprint density at radius 3 is 2.70 bits per heavy atom. The van der Waals surface area contributed by atoms with Crippen LogP contribution in [0.3, 0.4) is 0 Å². The maximum absolute atomic E-state index is 5.79. The number of aryl methyl sites for hydroxylation is 1. The third kappa shape index (κ3) is 2.66. The molecule has 0 saturated carbocycles. The van der Waals surface area contributed by atoms with E-state index in [0.717, 1.165) is 25.3 Å². The van der Waals surface area contributed by atoms with Crippen LogP contribution >= 0.6 is 38.6 Å². The van der Waals surface area contributed by atoms with Gasteiger partial charge in [-0.15, -0.1) is 32.9 Å². The summed E-state index contributed by atoms with van der Waals surface area (Å²) in [4.78, 5) is 6.66. The fourth-order valence-electron chi connectivity index (χ4n) is 2.10. The third-order valence-electron chi connectivity index (χ3n) is 3.27. The lowest BCUT2D eigenvalue weighted by atomic mass is 10.3. The van der Waals surface area contributed by atoms with Crippen molar-refractivity contribution in [3.05, 3.63) is 33.6 Å². The molecule has 0 bridgehead atoms. The molecule has 0 unspecified atom stereocenters. The predicted octanol–water partition coefficient (Wildman–Crippen LogP) is 5.15. The van der Waals surface area contributed by atoms with E-state index in [1.807, 2.05) is 31.2 Å². The van der Waals surface area contributed by atoms with Crippen molar-refractivity contribution >= 4 is 48.8 Å². The summed E-state index contributed by atoms with van der Waals surface area (Å²) in [7, 11) is 1.65. The summed E-state index contributed by atoms with van der Waals surface area (Å²) in [5.41, 5.74) is 0.889. The van der Waals surface area contributed by atoms with Gasteiger partial charge in [-0.05, 0) is 47.1 Å². The number of aromatic nitrogens is 3. The summed E-state index contributed by atoms with van der Waals surface area (Å²) in [6.45, 7) is 2.04. The predicted molar refractivity (Wildman–Crippen MR) is 95.2 cm³/mol. The smallest absolute Gasteiger partial charge is 0.277 e. The second-order valence-corrected chi connectivity index (χ2v) is 7.92. The average molecular weight is 408 g/mol. The molecule has 3 heterocycles. The molecule has 0 fully saturated rings. The van der Waals surface area contributed by atoms with Crippen molar-refractivity contribution in [2.24, 2.45) is 0 Å².